The Kier molecular flexibility index (Phi) is 6.02. The lowest BCUT2D eigenvalue weighted by molar-refractivity contribution is 0.102. The molecule has 1 amide bonds. The fourth-order valence-electron chi connectivity index (χ4n) is 2.50. The zero-order valence-electron chi connectivity index (χ0n) is 15.2. The van der Waals surface area contributed by atoms with Gasteiger partial charge >= 0.3 is 0 Å². The Labute approximate surface area is 178 Å². The average Bonchev–Trinajstić information content (AvgIpc) is 2.68. The maximum atomic E-state index is 12.7. The standard InChI is InChI=1S/C20H17Cl2N3O3S/c1-12-5-7-14(8-6-12)25-29(27,28)16-4-2-3-13(9-16)20(26)24-15-10-17(21)19(23)18(22)11-15/h2-11,25H,23H2,1H3,(H,24,26). The third-order valence-electron chi connectivity index (χ3n) is 4.05. The fraction of sp³-hybridized carbons (Fsp3) is 0.0500. The molecule has 0 bridgehead atoms. The molecular formula is C20H17Cl2N3O3S. The Bertz CT molecular complexity index is 1160. The van der Waals surface area contributed by atoms with E-state index in [2.05, 4.69) is 10.0 Å². The highest BCUT2D eigenvalue weighted by atomic mass is 35.5. The highest BCUT2D eigenvalue weighted by Gasteiger charge is 2.17. The first kappa shape index (κ1) is 21.0. The van der Waals surface area contributed by atoms with Gasteiger partial charge in [0.2, 0.25) is 0 Å². The number of benzene rings is 3. The third kappa shape index (κ3) is 5.00. The van der Waals surface area contributed by atoms with Crippen LogP contribution in [0.1, 0.15) is 15.9 Å². The summed E-state index contributed by atoms with van der Waals surface area (Å²) in [5.74, 6) is -0.519. The van der Waals surface area contributed by atoms with E-state index in [1.807, 2.05) is 6.92 Å². The summed E-state index contributed by atoms with van der Waals surface area (Å²) in [7, 11) is -3.86. The van der Waals surface area contributed by atoms with Crippen molar-refractivity contribution in [3.63, 3.8) is 0 Å². The second-order valence-electron chi connectivity index (χ2n) is 6.31. The fourth-order valence-corrected chi connectivity index (χ4v) is 4.09. The van der Waals surface area contributed by atoms with Gasteiger partial charge in [0, 0.05) is 16.9 Å². The Balaban J connectivity index is 1.83. The van der Waals surface area contributed by atoms with Crippen molar-refractivity contribution in [3.05, 3.63) is 81.8 Å². The van der Waals surface area contributed by atoms with Gasteiger partial charge in [-0.25, -0.2) is 8.42 Å². The molecule has 0 unspecified atom stereocenters. The molecule has 0 radical (unpaired) electrons. The van der Waals surface area contributed by atoms with Gasteiger partial charge in [0.05, 0.1) is 20.6 Å². The lowest BCUT2D eigenvalue weighted by atomic mass is 10.2. The Hall–Kier alpha value is -2.74. The van der Waals surface area contributed by atoms with Gasteiger partial charge in [0.25, 0.3) is 15.9 Å². The predicted octanol–water partition coefficient (Wildman–Crippen LogP) is 4.94. The average molecular weight is 450 g/mol. The minimum atomic E-state index is -3.86. The Morgan fingerprint density at radius 3 is 2.17 bits per heavy atom. The lowest BCUT2D eigenvalue weighted by Crippen LogP contribution is -2.16. The second kappa shape index (κ2) is 8.32. The number of rotatable bonds is 5. The predicted molar refractivity (Wildman–Crippen MR) is 117 cm³/mol. The number of hydrogen-bond donors (Lipinski definition) is 3. The monoisotopic (exact) mass is 449 g/mol. The van der Waals surface area contributed by atoms with E-state index in [1.165, 1.54) is 36.4 Å². The first-order valence-corrected chi connectivity index (χ1v) is 10.6. The van der Waals surface area contributed by atoms with Crippen LogP contribution in [0.5, 0.6) is 0 Å². The summed E-state index contributed by atoms with van der Waals surface area (Å²) in [5, 5.41) is 3.02. The van der Waals surface area contributed by atoms with E-state index in [0.29, 0.717) is 11.4 Å². The van der Waals surface area contributed by atoms with Crippen molar-refractivity contribution in [2.24, 2.45) is 0 Å². The molecular weight excluding hydrogens is 433 g/mol. The number of aryl methyl sites for hydroxylation is 1. The van der Waals surface area contributed by atoms with E-state index in [9.17, 15) is 13.2 Å². The molecule has 0 spiro atoms. The molecule has 150 valence electrons. The zero-order chi connectivity index (χ0) is 21.2. The van der Waals surface area contributed by atoms with Crippen LogP contribution in [0.4, 0.5) is 17.1 Å². The van der Waals surface area contributed by atoms with Gasteiger partial charge in [0.1, 0.15) is 0 Å². The molecule has 3 aromatic carbocycles. The van der Waals surface area contributed by atoms with Crippen LogP contribution in [0.3, 0.4) is 0 Å². The van der Waals surface area contributed by atoms with Crippen molar-refractivity contribution in [1.82, 2.24) is 0 Å². The van der Waals surface area contributed by atoms with Gasteiger partial charge < -0.3 is 11.1 Å². The minimum Gasteiger partial charge on any atom is -0.396 e. The van der Waals surface area contributed by atoms with Crippen molar-refractivity contribution in [2.45, 2.75) is 11.8 Å². The number of carbonyl (C=O) groups excluding carboxylic acids is 1. The van der Waals surface area contributed by atoms with Crippen molar-refractivity contribution in [1.29, 1.82) is 0 Å². The van der Waals surface area contributed by atoms with E-state index >= 15 is 0 Å². The number of hydrogen-bond acceptors (Lipinski definition) is 4. The van der Waals surface area contributed by atoms with Crippen LogP contribution < -0.4 is 15.8 Å². The van der Waals surface area contributed by atoms with Crippen LogP contribution in [-0.2, 0) is 10.0 Å². The maximum Gasteiger partial charge on any atom is 0.261 e. The molecule has 0 aliphatic rings. The summed E-state index contributed by atoms with van der Waals surface area (Å²) in [6, 6.07) is 15.5. The SMILES string of the molecule is Cc1ccc(NS(=O)(=O)c2cccc(C(=O)Nc3cc(Cl)c(N)c(Cl)c3)c2)cc1. The highest BCUT2D eigenvalue weighted by Crippen LogP contribution is 2.31. The molecule has 0 atom stereocenters. The molecule has 29 heavy (non-hydrogen) atoms. The van der Waals surface area contributed by atoms with Gasteiger partial charge in [-0.1, -0.05) is 47.0 Å². The minimum absolute atomic E-state index is 0.0425. The van der Waals surface area contributed by atoms with Crippen LogP contribution in [0.25, 0.3) is 0 Å². The molecule has 0 heterocycles. The van der Waals surface area contributed by atoms with E-state index in [0.717, 1.165) is 5.56 Å². The zero-order valence-corrected chi connectivity index (χ0v) is 17.6. The largest absolute Gasteiger partial charge is 0.396 e. The van der Waals surface area contributed by atoms with E-state index in [1.54, 1.807) is 24.3 Å². The van der Waals surface area contributed by atoms with Gasteiger partial charge in [0.15, 0.2) is 0 Å². The number of halogens is 2. The second-order valence-corrected chi connectivity index (χ2v) is 8.80. The summed E-state index contributed by atoms with van der Waals surface area (Å²) in [4.78, 5) is 12.5. The first-order valence-electron chi connectivity index (χ1n) is 8.41. The summed E-state index contributed by atoms with van der Waals surface area (Å²) in [6.45, 7) is 1.90. The highest BCUT2D eigenvalue weighted by molar-refractivity contribution is 7.92. The van der Waals surface area contributed by atoms with Crippen molar-refractivity contribution >= 4 is 56.2 Å². The quantitative estimate of drug-likeness (QED) is 0.480. The van der Waals surface area contributed by atoms with Crippen LogP contribution >= 0.6 is 23.2 Å². The number of amides is 1. The Morgan fingerprint density at radius 2 is 1.55 bits per heavy atom. The van der Waals surface area contributed by atoms with Crippen LogP contribution in [0.15, 0.2) is 65.6 Å². The van der Waals surface area contributed by atoms with Crippen LogP contribution in [0, 0.1) is 6.92 Å². The van der Waals surface area contributed by atoms with Gasteiger partial charge in [-0.2, -0.15) is 0 Å². The van der Waals surface area contributed by atoms with Gasteiger partial charge in [-0.05, 0) is 49.4 Å². The molecule has 4 N–H and O–H groups in total. The molecule has 0 aromatic heterocycles. The number of nitrogen functional groups attached to an aromatic ring is 1. The van der Waals surface area contributed by atoms with E-state index < -0.39 is 15.9 Å². The molecule has 0 fully saturated rings. The number of carbonyl (C=O) groups is 1. The molecule has 3 aromatic rings. The molecule has 0 aliphatic carbocycles. The lowest BCUT2D eigenvalue weighted by Gasteiger charge is -2.11. The molecule has 3 rings (SSSR count). The molecule has 0 aliphatic heterocycles. The van der Waals surface area contributed by atoms with Crippen LogP contribution in [0.2, 0.25) is 10.0 Å². The van der Waals surface area contributed by atoms with E-state index in [4.69, 9.17) is 28.9 Å². The van der Waals surface area contributed by atoms with Crippen LogP contribution in [-0.4, -0.2) is 14.3 Å². The summed E-state index contributed by atoms with van der Waals surface area (Å²) in [5.41, 5.74) is 7.82. The van der Waals surface area contributed by atoms with Gasteiger partial charge in [-0.3, -0.25) is 9.52 Å². The normalized spacial score (nSPS) is 11.1. The van der Waals surface area contributed by atoms with Gasteiger partial charge in [-0.15, -0.1) is 0 Å². The third-order valence-corrected chi connectivity index (χ3v) is 6.05. The number of nitrogens with one attached hydrogen (secondary N) is 2. The topological polar surface area (TPSA) is 101 Å². The van der Waals surface area contributed by atoms with Crippen molar-refractivity contribution in [2.75, 3.05) is 15.8 Å². The van der Waals surface area contributed by atoms with Crippen molar-refractivity contribution < 1.29 is 13.2 Å². The summed E-state index contributed by atoms with van der Waals surface area (Å²) < 4.78 is 27.8. The summed E-state index contributed by atoms with van der Waals surface area (Å²) in [6.07, 6.45) is 0. The first-order chi connectivity index (χ1) is 13.7. The molecule has 9 heteroatoms. The van der Waals surface area contributed by atoms with E-state index in [-0.39, 0.29) is 26.2 Å². The molecule has 0 saturated carbocycles. The number of nitrogens with two attached hydrogens (primary N) is 1. The number of sulfonamides is 1. The van der Waals surface area contributed by atoms with Crippen molar-refractivity contribution in [3.8, 4) is 0 Å². The maximum absolute atomic E-state index is 12.7. The molecule has 6 nitrogen and oxygen atoms in total. The smallest absolute Gasteiger partial charge is 0.261 e. The molecule has 0 saturated heterocycles. The summed E-state index contributed by atoms with van der Waals surface area (Å²) >= 11 is 11.9. The number of anilines is 3. The Morgan fingerprint density at radius 1 is 0.931 bits per heavy atom.